The summed E-state index contributed by atoms with van der Waals surface area (Å²) in [5, 5.41) is 8.93. The number of rotatable bonds is 6. The van der Waals surface area contributed by atoms with Crippen molar-refractivity contribution >= 4 is 40.6 Å². The van der Waals surface area contributed by atoms with Gasteiger partial charge in [-0.15, -0.1) is 5.10 Å². The second kappa shape index (κ2) is 10.8. The first-order valence-electron chi connectivity index (χ1n) is 12.5. The monoisotopic (exact) mass is 540 g/mol. The second-order valence-corrected chi connectivity index (χ2v) is 10.4. The number of hydrogen-bond acceptors (Lipinski definition) is 5. The van der Waals surface area contributed by atoms with Crippen LogP contribution < -0.4 is 4.90 Å². The van der Waals surface area contributed by atoms with Crippen LogP contribution in [0, 0.1) is 5.82 Å². The standard InChI is InChI=1S/C28H27Cl2FN4O2/c1-17(26-20(29)10-11-21(31)27(26)30)35-14-4-5-22-24(35)16-23(33-32-22)25(36)15-18-6-8-19(9-7-18)28(37)34-12-2-3-13-34/h6-11,16-17H,2-5,12-15H2,1H3. The van der Waals surface area contributed by atoms with E-state index in [1.807, 2.05) is 24.0 Å². The molecule has 9 heteroatoms. The highest BCUT2D eigenvalue weighted by molar-refractivity contribution is 6.36. The molecule has 37 heavy (non-hydrogen) atoms. The second-order valence-electron chi connectivity index (χ2n) is 9.59. The van der Waals surface area contributed by atoms with E-state index < -0.39 is 5.82 Å². The first-order chi connectivity index (χ1) is 17.8. The Kier molecular flexibility index (Phi) is 7.45. The van der Waals surface area contributed by atoms with Crippen molar-refractivity contribution in [2.45, 2.75) is 45.1 Å². The topological polar surface area (TPSA) is 66.4 Å². The van der Waals surface area contributed by atoms with E-state index in [9.17, 15) is 14.0 Å². The minimum Gasteiger partial charge on any atom is -0.363 e. The van der Waals surface area contributed by atoms with Gasteiger partial charge in [0.1, 0.15) is 11.5 Å². The number of benzene rings is 2. The van der Waals surface area contributed by atoms with Crippen molar-refractivity contribution in [2.24, 2.45) is 0 Å². The number of halogens is 3. The van der Waals surface area contributed by atoms with Gasteiger partial charge in [0, 0.05) is 42.2 Å². The summed E-state index contributed by atoms with van der Waals surface area (Å²) in [4.78, 5) is 29.6. The molecular formula is C28H27Cl2FN4O2. The number of carbonyl (C=O) groups excluding carboxylic acids is 2. The number of fused-ring (bicyclic) bond motifs is 1. The lowest BCUT2D eigenvalue weighted by Crippen LogP contribution is -2.33. The number of anilines is 1. The first-order valence-corrected chi connectivity index (χ1v) is 13.3. The summed E-state index contributed by atoms with van der Waals surface area (Å²) in [7, 11) is 0. The van der Waals surface area contributed by atoms with E-state index in [4.69, 9.17) is 23.2 Å². The Labute approximate surface area is 225 Å². The summed E-state index contributed by atoms with van der Waals surface area (Å²) < 4.78 is 14.2. The molecule has 3 heterocycles. The van der Waals surface area contributed by atoms with Gasteiger partial charge in [0.2, 0.25) is 0 Å². The van der Waals surface area contributed by atoms with Crippen LogP contribution in [0.2, 0.25) is 10.0 Å². The van der Waals surface area contributed by atoms with E-state index in [0.29, 0.717) is 22.7 Å². The van der Waals surface area contributed by atoms with Crippen LogP contribution in [-0.2, 0) is 12.8 Å². The van der Waals surface area contributed by atoms with E-state index >= 15 is 0 Å². The highest BCUT2D eigenvalue weighted by Gasteiger charge is 2.29. The lowest BCUT2D eigenvalue weighted by atomic mass is 9.99. The minimum atomic E-state index is -0.526. The number of amides is 1. The van der Waals surface area contributed by atoms with Gasteiger partial charge in [0.15, 0.2) is 5.78 Å². The van der Waals surface area contributed by atoms with Crippen LogP contribution >= 0.6 is 23.2 Å². The van der Waals surface area contributed by atoms with Crippen molar-refractivity contribution in [3.63, 3.8) is 0 Å². The Hall–Kier alpha value is -3.03. The average Bonchev–Trinajstić information content (AvgIpc) is 3.45. The van der Waals surface area contributed by atoms with E-state index in [0.717, 1.165) is 55.7 Å². The molecule has 1 aromatic heterocycles. The number of hydrogen-bond donors (Lipinski definition) is 0. The zero-order valence-corrected chi connectivity index (χ0v) is 22.0. The van der Waals surface area contributed by atoms with Gasteiger partial charge in [-0.1, -0.05) is 35.3 Å². The molecule has 6 nitrogen and oxygen atoms in total. The summed E-state index contributed by atoms with van der Waals surface area (Å²) in [6.07, 6.45) is 3.80. The Balaban J connectivity index is 1.35. The largest absolute Gasteiger partial charge is 0.363 e. The van der Waals surface area contributed by atoms with Gasteiger partial charge in [-0.25, -0.2) is 4.39 Å². The van der Waals surface area contributed by atoms with Crippen molar-refractivity contribution < 1.29 is 14.0 Å². The zero-order chi connectivity index (χ0) is 26.1. The molecule has 5 rings (SSSR count). The fourth-order valence-corrected chi connectivity index (χ4v) is 5.82. The molecule has 0 N–H and O–H groups in total. The summed E-state index contributed by atoms with van der Waals surface area (Å²) in [5.74, 6) is -0.667. The molecule has 2 aromatic carbocycles. The number of nitrogens with zero attached hydrogens (tertiary/aromatic N) is 4. The van der Waals surface area contributed by atoms with Crippen LogP contribution in [0.3, 0.4) is 0 Å². The molecule has 1 fully saturated rings. The smallest absolute Gasteiger partial charge is 0.253 e. The van der Waals surface area contributed by atoms with E-state index in [2.05, 4.69) is 15.1 Å². The van der Waals surface area contributed by atoms with Crippen LogP contribution in [0.4, 0.5) is 10.1 Å². The predicted molar refractivity (Wildman–Crippen MR) is 142 cm³/mol. The third-order valence-electron chi connectivity index (χ3n) is 7.18. The van der Waals surface area contributed by atoms with E-state index in [-0.39, 0.29) is 34.9 Å². The van der Waals surface area contributed by atoms with Crippen LogP contribution in [-0.4, -0.2) is 46.4 Å². The van der Waals surface area contributed by atoms with Gasteiger partial charge >= 0.3 is 0 Å². The average molecular weight is 541 g/mol. The molecule has 0 spiro atoms. The number of carbonyl (C=O) groups is 2. The molecule has 1 unspecified atom stereocenters. The number of aryl methyl sites for hydroxylation is 1. The van der Waals surface area contributed by atoms with Gasteiger partial charge in [0.05, 0.1) is 22.4 Å². The maximum atomic E-state index is 14.2. The van der Waals surface area contributed by atoms with Gasteiger partial charge < -0.3 is 9.80 Å². The number of ketones is 1. The van der Waals surface area contributed by atoms with Crippen molar-refractivity contribution in [2.75, 3.05) is 24.5 Å². The fourth-order valence-electron chi connectivity index (χ4n) is 5.14. The molecule has 2 aliphatic rings. The van der Waals surface area contributed by atoms with Crippen LogP contribution in [0.1, 0.15) is 69.9 Å². The number of aromatic nitrogens is 2. The van der Waals surface area contributed by atoms with Crippen LogP contribution in [0.25, 0.3) is 0 Å². The molecule has 0 bridgehead atoms. The summed E-state index contributed by atoms with van der Waals surface area (Å²) in [6.45, 7) is 4.18. The maximum Gasteiger partial charge on any atom is 0.253 e. The first kappa shape index (κ1) is 25.6. The lowest BCUT2D eigenvalue weighted by Gasteiger charge is -2.36. The normalized spacial score (nSPS) is 16.0. The number of Topliss-reactive ketones (excluding diaryl/α,β-unsaturated/α-hetero) is 1. The van der Waals surface area contributed by atoms with Gasteiger partial charge in [0.25, 0.3) is 5.91 Å². The van der Waals surface area contributed by atoms with Crippen LogP contribution in [0.5, 0.6) is 0 Å². The molecule has 1 amide bonds. The lowest BCUT2D eigenvalue weighted by molar-refractivity contribution is 0.0792. The van der Waals surface area contributed by atoms with Crippen molar-refractivity contribution in [1.82, 2.24) is 15.1 Å². The van der Waals surface area contributed by atoms with Crippen LogP contribution in [0.15, 0.2) is 42.5 Å². The Morgan fingerprint density at radius 1 is 1.00 bits per heavy atom. The fraction of sp³-hybridized carbons (Fsp3) is 0.357. The molecule has 0 saturated carbocycles. The maximum absolute atomic E-state index is 14.2. The summed E-state index contributed by atoms with van der Waals surface area (Å²) >= 11 is 12.7. The minimum absolute atomic E-state index is 0.00269. The Morgan fingerprint density at radius 2 is 1.73 bits per heavy atom. The van der Waals surface area contributed by atoms with Crippen molar-refractivity contribution in [3.05, 3.63) is 86.4 Å². The Morgan fingerprint density at radius 3 is 2.46 bits per heavy atom. The van der Waals surface area contributed by atoms with Gasteiger partial charge in [-0.3, -0.25) is 9.59 Å². The Bertz CT molecular complexity index is 1340. The van der Waals surface area contributed by atoms with Crippen molar-refractivity contribution in [3.8, 4) is 0 Å². The third-order valence-corrected chi connectivity index (χ3v) is 7.89. The van der Waals surface area contributed by atoms with Gasteiger partial charge in [-0.05, 0) is 68.5 Å². The summed E-state index contributed by atoms with van der Waals surface area (Å²) in [6, 6.07) is 11.4. The predicted octanol–water partition coefficient (Wildman–Crippen LogP) is 6.10. The zero-order valence-electron chi connectivity index (χ0n) is 20.5. The van der Waals surface area contributed by atoms with E-state index in [1.165, 1.54) is 12.1 Å². The molecule has 1 saturated heterocycles. The molecular weight excluding hydrogens is 514 g/mol. The SMILES string of the molecule is CC(c1c(Cl)ccc(F)c1Cl)N1CCCc2nnc(C(=O)Cc3ccc(C(=O)N4CCCC4)cc3)cc21. The molecule has 192 valence electrons. The number of likely N-dealkylation sites (tertiary alicyclic amines) is 1. The van der Waals surface area contributed by atoms with E-state index in [1.54, 1.807) is 18.2 Å². The quantitative estimate of drug-likeness (QED) is 0.279. The third kappa shape index (κ3) is 5.20. The summed E-state index contributed by atoms with van der Waals surface area (Å²) in [5.41, 5.74) is 3.75. The molecule has 1 atom stereocenters. The molecule has 0 aliphatic carbocycles. The highest BCUT2D eigenvalue weighted by atomic mass is 35.5. The van der Waals surface area contributed by atoms with Gasteiger partial charge in [-0.2, -0.15) is 5.10 Å². The molecule has 3 aromatic rings. The molecule has 0 radical (unpaired) electrons. The highest BCUT2D eigenvalue weighted by Crippen LogP contribution is 2.39. The van der Waals surface area contributed by atoms with Crippen molar-refractivity contribution in [1.29, 1.82) is 0 Å². The molecule has 2 aliphatic heterocycles.